The van der Waals surface area contributed by atoms with Gasteiger partial charge in [-0.05, 0) is 18.8 Å². The summed E-state index contributed by atoms with van der Waals surface area (Å²) in [6.07, 6.45) is 7.74. The highest BCUT2D eigenvalue weighted by Crippen LogP contribution is 2.31. The summed E-state index contributed by atoms with van der Waals surface area (Å²) >= 11 is 1.31. The molecular formula is C14H18N4OS. The SMILES string of the molecule is CC1CCCC(NC(=O)c2sc3nccnc3c2N)C1. The second-order valence-corrected chi connectivity index (χ2v) is 6.50. The second-order valence-electron chi connectivity index (χ2n) is 5.50. The topological polar surface area (TPSA) is 80.9 Å². The van der Waals surface area contributed by atoms with E-state index in [9.17, 15) is 4.79 Å². The smallest absolute Gasteiger partial charge is 0.263 e. The monoisotopic (exact) mass is 290 g/mol. The van der Waals surface area contributed by atoms with Crippen molar-refractivity contribution >= 4 is 33.3 Å². The van der Waals surface area contributed by atoms with Crippen LogP contribution in [-0.2, 0) is 0 Å². The fourth-order valence-electron chi connectivity index (χ4n) is 2.83. The highest BCUT2D eigenvalue weighted by atomic mass is 32.1. The Labute approximate surface area is 121 Å². The Balaban J connectivity index is 1.80. The lowest BCUT2D eigenvalue weighted by Gasteiger charge is -2.27. The van der Waals surface area contributed by atoms with Gasteiger partial charge in [0.2, 0.25) is 0 Å². The molecule has 1 aliphatic rings. The second kappa shape index (κ2) is 5.36. The van der Waals surface area contributed by atoms with Gasteiger partial charge in [-0.15, -0.1) is 11.3 Å². The van der Waals surface area contributed by atoms with E-state index in [0.29, 0.717) is 26.8 Å². The number of nitrogen functional groups attached to an aromatic ring is 1. The molecule has 0 aliphatic heterocycles. The summed E-state index contributed by atoms with van der Waals surface area (Å²) in [5.74, 6) is 0.587. The van der Waals surface area contributed by atoms with Crippen LogP contribution in [0.15, 0.2) is 12.4 Å². The van der Waals surface area contributed by atoms with Crippen molar-refractivity contribution in [2.75, 3.05) is 5.73 Å². The van der Waals surface area contributed by atoms with Gasteiger partial charge in [-0.2, -0.15) is 0 Å². The first kappa shape index (κ1) is 13.3. The average Bonchev–Trinajstić information content (AvgIpc) is 2.77. The first-order valence-corrected chi connectivity index (χ1v) is 7.76. The van der Waals surface area contributed by atoms with Gasteiger partial charge < -0.3 is 11.1 Å². The van der Waals surface area contributed by atoms with Crippen LogP contribution in [0.5, 0.6) is 0 Å². The van der Waals surface area contributed by atoms with Crippen molar-refractivity contribution in [1.29, 1.82) is 0 Å². The zero-order valence-corrected chi connectivity index (χ0v) is 12.2. The molecule has 2 aromatic heterocycles. The van der Waals surface area contributed by atoms with E-state index in [1.807, 2.05) is 0 Å². The fraction of sp³-hybridized carbons (Fsp3) is 0.500. The molecule has 3 N–H and O–H groups in total. The van der Waals surface area contributed by atoms with Gasteiger partial charge in [-0.3, -0.25) is 4.79 Å². The van der Waals surface area contributed by atoms with Gasteiger partial charge in [-0.25, -0.2) is 9.97 Å². The number of thiophene rings is 1. The number of hydrogen-bond acceptors (Lipinski definition) is 5. The van der Waals surface area contributed by atoms with Crippen LogP contribution in [0, 0.1) is 5.92 Å². The molecule has 106 valence electrons. The number of rotatable bonds is 2. The molecule has 20 heavy (non-hydrogen) atoms. The average molecular weight is 290 g/mol. The van der Waals surface area contributed by atoms with Crippen molar-refractivity contribution in [2.24, 2.45) is 5.92 Å². The van der Waals surface area contributed by atoms with Crippen molar-refractivity contribution in [1.82, 2.24) is 15.3 Å². The quantitative estimate of drug-likeness (QED) is 0.890. The highest BCUT2D eigenvalue weighted by Gasteiger charge is 2.24. The first-order valence-electron chi connectivity index (χ1n) is 6.95. The van der Waals surface area contributed by atoms with Gasteiger partial charge in [0, 0.05) is 18.4 Å². The van der Waals surface area contributed by atoms with Crippen molar-refractivity contribution in [3.63, 3.8) is 0 Å². The summed E-state index contributed by atoms with van der Waals surface area (Å²) in [4.78, 5) is 22.0. The Morgan fingerprint density at radius 2 is 2.20 bits per heavy atom. The van der Waals surface area contributed by atoms with E-state index in [1.54, 1.807) is 12.4 Å². The summed E-state index contributed by atoms with van der Waals surface area (Å²) in [5.41, 5.74) is 7.09. The minimum Gasteiger partial charge on any atom is -0.396 e. The van der Waals surface area contributed by atoms with Gasteiger partial charge in [0.05, 0.1) is 5.69 Å². The summed E-state index contributed by atoms with van der Waals surface area (Å²) in [6, 6.07) is 0.261. The summed E-state index contributed by atoms with van der Waals surface area (Å²) in [7, 11) is 0. The van der Waals surface area contributed by atoms with E-state index in [2.05, 4.69) is 22.2 Å². The standard InChI is InChI=1S/C14H18N4OS/c1-8-3-2-4-9(7-8)18-13(19)12-10(15)11-14(20-12)17-6-5-16-11/h5-6,8-9H,2-4,7,15H2,1H3,(H,18,19). The number of carbonyl (C=O) groups excluding carboxylic acids is 1. The lowest BCUT2D eigenvalue weighted by molar-refractivity contribution is 0.0926. The van der Waals surface area contributed by atoms with Gasteiger partial charge in [0.15, 0.2) is 0 Å². The molecule has 1 amide bonds. The zero-order chi connectivity index (χ0) is 14.1. The Hall–Kier alpha value is -1.69. The van der Waals surface area contributed by atoms with Gasteiger partial charge >= 0.3 is 0 Å². The van der Waals surface area contributed by atoms with Crippen LogP contribution in [0.4, 0.5) is 5.69 Å². The summed E-state index contributed by atoms with van der Waals surface area (Å²) < 4.78 is 0. The van der Waals surface area contributed by atoms with E-state index < -0.39 is 0 Å². The largest absolute Gasteiger partial charge is 0.396 e. The summed E-state index contributed by atoms with van der Waals surface area (Å²) in [6.45, 7) is 2.24. The van der Waals surface area contributed by atoms with Crippen molar-refractivity contribution in [2.45, 2.75) is 38.6 Å². The molecule has 2 unspecified atom stereocenters. The minimum atomic E-state index is -0.0913. The number of hydrogen-bond donors (Lipinski definition) is 2. The zero-order valence-electron chi connectivity index (χ0n) is 11.4. The van der Waals surface area contributed by atoms with Crippen LogP contribution in [0.3, 0.4) is 0 Å². The molecule has 2 aromatic rings. The lowest BCUT2D eigenvalue weighted by Crippen LogP contribution is -2.37. The number of nitrogens with two attached hydrogens (primary N) is 1. The lowest BCUT2D eigenvalue weighted by atomic mass is 9.87. The number of fused-ring (bicyclic) bond motifs is 1. The molecule has 1 fully saturated rings. The first-order chi connectivity index (χ1) is 9.65. The van der Waals surface area contributed by atoms with E-state index in [-0.39, 0.29) is 11.9 Å². The van der Waals surface area contributed by atoms with Gasteiger partial charge in [-0.1, -0.05) is 19.8 Å². The molecular weight excluding hydrogens is 272 g/mol. The van der Waals surface area contributed by atoms with Crippen LogP contribution >= 0.6 is 11.3 Å². The Kier molecular flexibility index (Phi) is 3.56. The van der Waals surface area contributed by atoms with Crippen LogP contribution in [0.2, 0.25) is 0 Å². The molecule has 0 spiro atoms. The predicted octanol–water partition coefficient (Wildman–Crippen LogP) is 2.58. The maximum absolute atomic E-state index is 12.4. The number of carbonyl (C=O) groups is 1. The summed E-state index contributed by atoms with van der Waals surface area (Å²) in [5, 5.41) is 3.10. The number of amides is 1. The number of anilines is 1. The van der Waals surface area contributed by atoms with Crippen molar-refractivity contribution in [3.8, 4) is 0 Å². The molecule has 3 rings (SSSR count). The molecule has 6 heteroatoms. The normalized spacial score (nSPS) is 22.9. The maximum Gasteiger partial charge on any atom is 0.263 e. The number of nitrogens with zero attached hydrogens (tertiary/aromatic N) is 2. The molecule has 2 heterocycles. The molecule has 1 saturated carbocycles. The van der Waals surface area contributed by atoms with Crippen LogP contribution in [0.25, 0.3) is 10.3 Å². The van der Waals surface area contributed by atoms with E-state index in [0.717, 1.165) is 12.8 Å². The number of aromatic nitrogens is 2. The third-order valence-corrected chi connectivity index (χ3v) is 4.94. The van der Waals surface area contributed by atoms with Gasteiger partial charge in [0.25, 0.3) is 5.91 Å². The van der Waals surface area contributed by atoms with Crippen LogP contribution < -0.4 is 11.1 Å². The van der Waals surface area contributed by atoms with E-state index in [4.69, 9.17) is 5.73 Å². The van der Waals surface area contributed by atoms with Crippen molar-refractivity contribution < 1.29 is 4.79 Å². The fourth-order valence-corrected chi connectivity index (χ4v) is 3.75. The maximum atomic E-state index is 12.4. The Bertz CT molecular complexity index is 639. The van der Waals surface area contributed by atoms with Gasteiger partial charge in [0.1, 0.15) is 15.2 Å². The highest BCUT2D eigenvalue weighted by molar-refractivity contribution is 7.21. The Morgan fingerprint density at radius 1 is 1.40 bits per heavy atom. The third kappa shape index (κ3) is 2.47. The molecule has 0 aromatic carbocycles. The van der Waals surface area contributed by atoms with Crippen molar-refractivity contribution in [3.05, 3.63) is 17.3 Å². The third-order valence-electron chi connectivity index (χ3n) is 3.84. The minimum absolute atomic E-state index is 0.0913. The molecule has 0 bridgehead atoms. The molecule has 2 atom stereocenters. The predicted molar refractivity (Wildman–Crippen MR) is 80.7 cm³/mol. The molecule has 0 saturated heterocycles. The van der Waals surface area contributed by atoms with Crippen LogP contribution in [0.1, 0.15) is 42.3 Å². The molecule has 5 nitrogen and oxygen atoms in total. The van der Waals surface area contributed by atoms with E-state index in [1.165, 1.54) is 24.2 Å². The Morgan fingerprint density at radius 3 is 2.95 bits per heavy atom. The van der Waals surface area contributed by atoms with Crippen LogP contribution in [-0.4, -0.2) is 21.9 Å². The molecule has 0 radical (unpaired) electrons. The molecule has 1 aliphatic carbocycles. The number of nitrogens with one attached hydrogen (secondary N) is 1. The van der Waals surface area contributed by atoms with E-state index >= 15 is 0 Å².